The van der Waals surface area contributed by atoms with E-state index in [1.54, 1.807) is 6.08 Å². The van der Waals surface area contributed by atoms with Gasteiger partial charge in [-0.25, -0.2) is 0 Å². The van der Waals surface area contributed by atoms with Crippen LogP contribution in [0, 0.1) is 31.3 Å². The molecule has 0 aliphatic carbocycles. The maximum absolute atomic E-state index is 13.4. The molecule has 1 N–H and O–H groups in total. The Morgan fingerprint density at radius 2 is 1.72 bits per heavy atom. The third kappa shape index (κ3) is 3.91. The van der Waals surface area contributed by atoms with Gasteiger partial charge in [-0.2, -0.15) is 0 Å². The minimum absolute atomic E-state index is 0.0578. The van der Waals surface area contributed by atoms with Crippen molar-refractivity contribution in [3.8, 4) is 5.69 Å². The SMILES string of the molecule is Cc1cccc(N2C(=O)/C(=C/c3cc(C)n(-c4cccc(I)c4)c3C)C(=O)NC2=S)c1C. The number of carbonyl (C=O) groups is 2. The Morgan fingerprint density at radius 1 is 1.00 bits per heavy atom. The van der Waals surface area contributed by atoms with E-state index in [1.165, 1.54) is 4.90 Å². The second kappa shape index (κ2) is 8.63. The molecule has 0 spiro atoms. The number of aromatic nitrogens is 1. The monoisotopic (exact) mass is 555 g/mol. The molecule has 4 rings (SSSR count). The van der Waals surface area contributed by atoms with Crippen LogP contribution in [-0.4, -0.2) is 21.5 Å². The van der Waals surface area contributed by atoms with Gasteiger partial charge in [0.2, 0.25) is 0 Å². The van der Waals surface area contributed by atoms with Gasteiger partial charge in [0.25, 0.3) is 11.8 Å². The summed E-state index contributed by atoms with van der Waals surface area (Å²) in [7, 11) is 0. The second-order valence-electron chi connectivity index (χ2n) is 7.82. The Kier molecular flexibility index (Phi) is 6.05. The summed E-state index contributed by atoms with van der Waals surface area (Å²) < 4.78 is 3.25. The lowest BCUT2D eigenvalue weighted by Gasteiger charge is -2.30. The molecule has 1 aromatic heterocycles. The van der Waals surface area contributed by atoms with Crippen LogP contribution < -0.4 is 10.2 Å². The topological polar surface area (TPSA) is 54.3 Å². The van der Waals surface area contributed by atoms with Gasteiger partial charge in [-0.05, 0) is 116 Å². The molecule has 1 saturated heterocycles. The highest BCUT2D eigenvalue weighted by Gasteiger charge is 2.35. The Balaban J connectivity index is 1.79. The number of rotatable bonds is 3. The zero-order valence-corrected chi connectivity index (χ0v) is 21.2. The van der Waals surface area contributed by atoms with Crippen LogP contribution in [0.5, 0.6) is 0 Å². The third-order valence-corrected chi connectivity index (χ3v) is 6.71. The minimum atomic E-state index is -0.486. The zero-order valence-electron chi connectivity index (χ0n) is 18.2. The van der Waals surface area contributed by atoms with Crippen molar-refractivity contribution < 1.29 is 9.59 Å². The molecule has 2 heterocycles. The van der Waals surface area contributed by atoms with Crippen molar-refractivity contribution in [2.45, 2.75) is 27.7 Å². The van der Waals surface area contributed by atoms with Crippen LogP contribution >= 0.6 is 34.8 Å². The van der Waals surface area contributed by atoms with E-state index in [4.69, 9.17) is 12.2 Å². The van der Waals surface area contributed by atoms with Gasteiger partial charge >= 0.3 is 0 Å². The van der Waals surface area contributed by atoms with Crippen LogP contribution in [0.3, 0.4) is 0 Å². The second-order valence-corrected chi connectivity index (χ2v) is 9.45. The molecular formula is C25H22IN3O2S. The first-order valence-electron chi connectivity index (χ1n) is 10.1. The summed E-state index contributed by atoms with van der Waals surface area (Å²) in [6.07, 6.45) is 1.66. The summed E-state index contributed by atoms with van der Waals surface area (Å²) in [5.41, 5.74) is 6.53. The molecule has 0 saturated carbocycles. The number of carbonyl (C=O) groups excluding carboxylic acids is 2. The summed E-state index contributed by atoms with van der Waals surface area (Å²) >= 11 is 7.64. The van der Waals surface area contributed by atoms with Crippen LogP contribution in [0.2, 0.25) is 0 Å². The third-order valence-electron chi connectivity index (χ3n) is 5.76. The number of nitrogens with zero attached hydrogens (tertiary/aromatic N) is 2. The highest BCUT2D eigenvalue weighted by molar-refractivity contribution is 14.1. The number of amides is 2. The van der Waals surface area contributed by atoms with Crippen LogP contribution in [0.1, 0.15) is 28.1 Å². The van der Waals surface area contributed by atoms with Crippen molar-refractivity contribution in [3.63, 3.8) is 0 Å². The van der Waals surface area contributed by atoms with Gasteiger partial charge in [0.15, 0.2) is 5.11 Å². The number of nitrogens with one attached hydrogen (secondary N) is 1. The quantitative estimate of drug-likeness (QED) is 0.211. The van der Waals surface area contributed by atoms with E-state index >= 15 is 0 Å². The predicted molar refractivity (Wildman–Crippen MR) is 140 cm³/mol. The molecule has 0 atom stereocenters. The molecule has 0 bridgehead atoms. The summed E-state index contributed by atoms with van der Waals surface area (Å²) in [5, 5.41) is 2.77. The number of hydrogen-bond donors (Lipinski definition) is 1. The first kappa shape index (κ1) is 22.4. The molecule has 1 aliphatic heterocycles. The maximum Gasteiger partial charge on any atom is 0.270 e. The molecule has 0 unspecified atom stereocenters. The Morgan fingerprint density at radius 3 is 2.44 bits per heavy atom. The summed E-state index contributed by atoms with van der Waals surface area (Å²) in [6, 6.07) is 15.9. The van der Waals surface area contributed by atoms with Crippen LogP contribution in [-0.2, 0) is 9.59 Å². The molecule has 1 fully saturated rings. The van der Waals surface area contributed by atoms with Gasteiger partial charge in [0, 0.05) is 20.6 Å². The number of halogens is 1. The molecule has 2 amide bonds. The average molecular weight is 555 g/mol. The minimum Gasteiger partial charge on any atom is -0.318 e. The fourth-order valence-corrected chi connectivity index (χ4v) is 4.76. The van der Waals surface area contributed by atoms with E-state index in [0.29, 0.717) is 5.69 Å². The standard InChI is InChI=1S/C25H22IN3O2S/c1-14-7-5-10-22(16(14)3)29-24(31)21(23(30)27-25(29)32)12-18-11-15(2)28(17(18)4)20-9-6-8-19(26)13-20/h5-13H,1-4H3,(H,27,30,32)/b21-12+. The van der Waals surface area contributed by atoms with E-state index in [1.807, 2.05) is 70.2 Å². The average Bonchev–Trinajstić information content (AvgIpc) is 3.01. The fraction of sp³-hybridized carbons (Fsp3) is 0.160. The van der Waals surface area contributed by atoms with Gasteiger partial charge in [0.1, 0.15) is 5.57 Å². The number of thiocarbonyl (C=S) groups is 1. The zero-order chi connectivity index (χ0) is 23.2. The summed E-state index contributed by atoms with van der Waals surface area (Å²) in [4.78, 5) is 27.6. The largest absolute Gasteiger partial charge is 0.318 e. The highest BCUT2D eigenvalue weighted by atomic mass is 127. The van der Waals surface area contributed by atoms with Gasteiger partial charge in [-0.1, -0.05) is 18.2 Å². The Bertz CT molecular complexity index is 1320. The lowest BCUT2D eigenvalue weighted by molar-refractivity contribution is -0.122. The van der Waals surface area contributed by atoms with Crippen molar-refractivity contribution in [2.24, 2.45) is 0 Å². The normalized spacial score (nSPS) is 15.5. The molecule has 32 heavy (non-hydrogen) atoms. The van der Waals surface area contributed by atoms with Crippen molar-refractivity contribution >= 4 is 63.5 Å². The van der Waals surface area contributed by atoms with E-state index in [0.717, 1.165) is 37.3 Å². The number of benzene rings is 2. The first-order valence-corrected chi connectivity index (χ1v) is 11.6. The van der Waals surface area contributed by atoms with Gasteiger partial charge in [0.05, 0.1) is 5.69 Å². The van der Waals surface area contributed by atoms with E-state index in [9.17, 15) is 9.59 Å². The van der Waals surface area contributed by atoms with E-state index in [-0.39, 0.29) is 10.7 Å². The summed E-state index contributed by atoms with van der Waals surface area (Å²) in [6.45, 7) is 7.91. The van der Waals surface area contributed by atoms with Gasteiger partial charge < -0.3 is 4.57 Å². The molecule has 0 radical (unpaired) electrons. The maximum atomic E-state index is 13.4. The first-order chi connectivity index (χ1) is 15.2. The number of aryl methyl sites for hydroxylation is 2. The number of anilines is 1. The van der Waals surface area contributed by atoms with Crippen molar-refractivity contribution in [1.29, 1.82) is 0 Å². The van der Waals surface area contributed by atoms with Gasteiger partial charge in [-0.15, -0.1) is 0 Å². The number of hydrogen-bond acceptors (Lipinski definition) is 3. The summed E-state index contributed by atoms with van der Waals surface area (Å²) in [5.74, 6) is -0.910. The molecule has 3 aromatic rings. The molecule has 2 aromatic carbocycles. The lowest BCUT2D eigenvalue weighted by Crippen LogP contribution is -2.54. The van der Waals surface area contributed by atoms with Crippen molar-refractivity contribution in [1.82, 2.24) is 9.88 Å². The molecule has 5 nitrogen and oxygen atoms in total. The molecule has 7 heteroatoms. The van der Waals surface area contributed by atoms with Crippen LogP contribution in [0.15, 0.2) is 54.1 Å². The predicted octanol–water partition coefficient (Wildman–Crippen LogP) is 5.15. The molecule has 1 aliphatic rings. The molecular weight excluding hydrogens is 533 g/mol. The van der Waals surface area contributed by atoms with Crippen LogP contribution in [0.25, 0.3) is 11.8 Å². The fourth-order valence-electron chi connectivity index (χ4n) is 3.96. The molecule has 162 valence electrons. The van der Waals surface area contributed by atoms with E-state index in [2.05, 4.69) is 38.5 Å². The highest BCUT2D eigenvalue weighted by Crippen LogP contribution is 2.29. The smallest absolute Gasteiger partial charge is 0.270 e. The van der Waals surface area contributed by atoms with E-state index < -0.39 is 11.8 Å². The Hall–Kier alpha value is -2.78. The van der Waals surface area contributed by atoms with Crippen molar-refractivity contribution in [3.05, 3.63) is 85.8 Å². The van der Waals surface area contributed by atoms with Crippen LogP contribution in [0.4, 0.5) is 5.69 Å². The van der Waals surface area contributed by atoms with Gasteiger partial charge in [-0.3, -0.25) is 19.8 Å². The van der Waals surface area contributed by atoms with Crippen molar-refractivity contribution in [2.75, 3.05) is 4.90 Å². The lowest BCUT2D eigenvalue weighted by atomic mass is 10.0. The Labute approximate surface area is 206 Å².